The smallest absolute Gasteiger partial charge is 0.325 e. The summed E-state index contributed by atoms with van der Waals surface area (Å²) in [6.45, 7) is 4.29. The third-order valence-corrected chi connectivity index (χ3v) is 7.71. The molecule has 10 nitrogen and oxygen atoms in total. The monoisotopic (exact) mass is 638 g/mol. The third-order valence-electron chi connectivity index (χ3n) is 7.71. The lowest BCUT2D eigenvalue weighted by atomic mass is 10.0. The second-order valence-electron chi connectivity index (χ2n) is 11.3. The van der Waals surface area contributed by atoms with Crippen LogP contribution in [0.2, 0.25) is 0 Å². The van der Waals surface area contributed by atoms with Crippen LogP contribution in [0.5, 0.6) is 11.5 Å². The zero-order valence-electron chi connectivity index (χ0n) is 27.1. The molecule has 10 heteroatoms. The molecule has 0 aliphatic heterocycles. The van der Waals surface area contributed by atoms with E-state index in [0.717, 1.165) is 41.0 Å². The summed E-state index contributed by atoms with van der Waals surface area (Å²) in [5, 5.41) is 14.5. The Kier molecular flexibility index (Phi) is 12.9. The fourth-order valence-corrected chi connectivity index (χ4v) is 4.86. The Morgan fingerprint density at radius 3 is 2.00 bits per heavy atom. The number of aliphatic carboxylic acids is 1. The van der Waals surface area contributed by atoms with Crippen molar-refractivity contribution in [1.82, 2.24) is 20.6 Å². The summed E-state index contributed by atoms with van der Waals surface area (Å²) in [5.74, 6) is -0.275. The van der Waals surface area contributed by atoms with E-state index in [1.165, 1.54) is 39.7 Å². The Bertz CT molecular complexity index is 1590. The number of rotatable bonds is 17. The molecule has 2 unspecified atom stereocenters. The van der Waals surface area contributed by atoms with Gasteiger partial charge in [-0.15, -0.1) is 0 Å². The van der Waals surface area contributed by atoms with Gasteiger partial charge in [0.15, 0.2) is 5.82 Å². The molecule has 0 saturated carbocycles. The van der Waals surface area contributed by atoms with E-state index in [1.807, 2.05) is 48.5 Å². The lowest BCUT2D eigenvalue weighted by Gasteiger charge is -2.20. The van der Waals surface area contributed by atoms with Gasteiger partial charge in [0.05, 0.1) is 13.7 Å². The van der Waals surface area contributed by atoms with Crippen LogP contribution in [0.4, 0.5) is 0 Å². The van der Waals surface area contributed by atoms with Crippen LogP contribution < -0.4 is 20.1 Å². The number of carboxylic acid groups (broad SMARTS) is 1. The Morgan fingerprint density at radius 1 is 0.766 bits per heavy atom. The highest BCUT2D eigenvalue weighted by Gasteiger charge is 2.25. The molecule has 0 aliphatic rings. The number of benzene rings is 3. The van der Waals surface area contributed by atoms with Crippen LogP contribution in [0.15, 0.2) is 85.2 Å². The Balaban J connectivity index is 1.39. The van der Waals surface area contributed by atoms with E-state index < -0.39 is 29.9 Å². The number of unbranched alkanes of at least 4 members (excludes halogenated alkanes) is 4. The normalized spacial score (nSPS) is 12.1. The van der Waals surface area contributed by atoms with Crippen molar-refractivity contribution < 1.29 is 29.0 Å². The van der Waals surface area contributed by atoms with Gasteiger partial charge in [0.1, 0.15) is 23.6 Å². The first kappa shape index (κ1) is 34.6. The van der Waals surface area contributed by atoms with Crippen molar-refractivity contribution in [3.05, 3.63) is 96.3 Å². The molecule has 0 bridgehead atoms. The Morgan fingerprint density at radius 2 is 1.38 bits per heavy atom. The highest BCUT2D eigenvalue weighted by molar-refractivity contribution is 5.98. The lowest BCUT2D eigenvalue weighted by Crippen LogP contribution is -2.51. The van der Waals surface area contributed by atoms with E-state index in [1.54, 1.807) is 36.7 Å². The summed E-state index contributed by atoms with van der Waals surface area (Å²) in [6, 6.07) is 19.6. The topological polar surface area (TPSA) is 140 Å². The number of carbonyl (C=O) groups excluding carboxylic acids is 2. The van der Waals surface area contributed by atoms with Crippen LogP contribution in [0, 0.1) is 0 Å². The molecule has 2 amide bonds. The zero-order valence-corrected chi connectivity index (χ0v) is 27.1. The van der Waals surface area contributed by atoms with E-state index in [2.05, 4.69) is 27.5 Å². The molecule has 3 N–H and O–H groups in total. The molecule has 0 radical (unpaired) electrons. The number of methoxy groups -OCH3 is 1. The average molecular weight is 639 g/mol. The van der Waals surface area contributed by atoms with Gasteiger partial charge in [0, 0.05) is 35.5 Å². The number of nitrogens with one attached hydrogen (secondary N) is 2. The molecular weight excluding hydrogens is 596 g/mol. The van der Waals surface area contributed by atoms with E-state index in [0.29, 0.717) is 17.1 Å². The minimum atomic E-state index is -1.18. The van der Waals surface area contributed by atoms with Gasteiger partial charge < -0.3 is 25.2 Å². The van der Waals surface area contributed by atoms with Crippen LogP contribution >= 0.6 is 0 Å². The largest absolute Gasteiger partial charge is 0.497 e. The Labute approximate surface area is 275 Å². The molecule has 1 heterocycles. The van der Waals surface area contributed by atoms with Gasteiger partial charge in [-0.3, -0.25) is 14.4 Å². The van der Waals surface area contributed by atoms with Crippen LogP contribution in [-0.4, -0.2) is 58.7 Å². The quantitative estimate of drug-likeness (QED) is 0.118. The van der Waals surface area contributed by atoms with Crippen molar-refractivity contribution in [3.8, 4) is 34.0 Å². The molecule has 0 aliphatic carbocycles. The molecule has 0 spiro atoms. The van der Waals surface area contributed by atoms with Crippen LogP contribution in [0.25, 0.3) is 22.5 Å². The minimum absolute atomic E-state index is 0.138. The van der Waals surface area contributed by atoms with Crippen molar-refractivity contribution in [1.29, 1.82) is 0 Å². The first-order valence-corrected chi connectivity index (χ1v) is 15.9. The molecule has 3 aromatic carbocycles. The zero-order chi connectivity index (χ0) is 33.6. The fourth-order valence-electron chi connectivity index (χ4n) is 4.86. The van der Waals surface area contributed by atoms with Crippen molar-refractivity contribution in [2.75, 3.05) is 13.7 Å². The molecule has 2 atom stereocenters. The first-order chi connectivity index (χ1) is 22.8. The molecule has 47 heavy (non-hydrogen) atoms. The predicted octanol–water partition coefficient (Wildman–Crippen LogP) is 6.10. The molecule has 4 rings (SSSR count). The van der Waals surface area contributed by atoms with Gasteiger partial charge in [-0.25, -0.2) is 9.97 Å². The van der Waals surface area contributed by atoms with Crippen LogP contribution in [0.3, 0.4) is 0 Å². The summed E-state index contributed by atoms with van der Waals surface area (Å²) >= 11 is 0. The maximum atomic E-state index is 13.0. The van der Waals surface area contributed by atoms with E-state index in [-0.39, 0.29) is 6.42 Å². The highest BCUT2D eigenvalue weighted by atomic mass is 16.5. The van der Waals surface area contributed by atoms with Gasteiger partial charge in [0.2, 0.25) is 5.91 Å². The van der Waals surface area contributed by atoms with Gasteiger partial charge in [0.25, 0.3) is 5.91 Å². The molecule has 246 valence electrons. The first-order valence-electron chi connectivity index (χ1n) is 15.9. The third kappa shape index (κ3) is 10.4. The molecule has 4 aromatic rings. The maximum Gasteiger partial charge on any atom is 0.325 e. The van der Waals surface area contributed by atoms with Gasteiger partial charge in [-0.1, -0.05) is 69.0 Å². The number of carbonyl (C=O) groups is 3. The van der Waals surface area contributed by atoms with E-state index >= 15 is 0 Å². The highest BCUT2D eigenvalue weighted by Crippen LogP contribution is 2.24. The van der Waals surface area contributed by atoms with Crippen molar-refractivity contribution >= 4 is 17.8 Å². The summed E-state index contributed by atoms with van der Waals surface area (Å²) in [7, 11) is 1.53. The maximum absolute atomic E-state index is 13.0. The Hall–Kier alpha value is -5.25. The minimum Gasteiger partial charge on any atom is -0.497 e. The number of ether oxygens (including phenoxy) is 2. The standard InChI is InChI=1S/C37H42N4O6/c1-4-5-6-7-8-21-47-32-19-13-27(14-20-32)30-23-38-34(39-24-30)28-11-9-26(10-12-28)22-33(36(43)40-25(2)37(44)45)41-35(42)29-15-17-31(46-3)18-16-29/h9-20,23-25,33H,4-8,21-22H2,1-3H3,(H,40,43)(H,41,42)(H,44,45). The summed E-state index contributed by atoms with van der Waals surface area (Å²) in [5.41, 5.74) is 3.75. The SMILES string of the molecule is CCCCCCCOc1ccc(-c2cnc(-c3ccc(CC(NC(=O)c4ccc(OC)cc4)C(=O)NC(C)C(=O)O)cc3)nc2)cc1. The van der Waals surface area contributed by atoms with Crippen molar-refractivity contribution in [3.63, 3.8) is 0 Å². The molecule has 0 saturated heterocycles. The molecular formula is C37H42N4O6. The second kappa shape index (κ2) is 17.4. The van der Waals surface area contributed by atoms with E-state index in [4.69, 9.17) is 9.47 Å². The summed E-state index contributed by atoms with van der Waals surface area (Å²) in [4.78, 5) is 46.5. The van der Waals surface area contributed by atoms with Crippen molar-refractivity contribution in [2.24, 2.45) is 0 Å². The number of carboxylic acids is 1. The molecule has 0 fully saturated rings. The average Bonchev–Trinajstić information content (AvgIpc) is 3.10. The number of hydrogen-bond acceptors (Lipinski definition) is 7. The van der Waals surface area contributed by atoms with Crippen molar-refractivity contribution in [2.45, 2.75) is 64.5 Å². The van der Waals surface area contributed by atoms with Crippen LogP contribution in [-0.2, 0) is 16.0 Å². The summed E-state index contributed by atoms with van der Waals surface area (Å²) < 4.78 is 11.0. The summed E-state index contributed by atoms with van der Waals surface area (Å²) in [6.07, 6.45) is 9.68. The van der Waals surface area contributed by atoms with E-state index in [9.17, 15) is 19.5 Å². The van der Waals surface area contributed by atoms with Crippen LogP contribution in [0.1, 0.15) is 61.9 Å². The lowest BCUT2D eigenvalue weighted by molar-refractivity contribution is -0.141. The fraction of sp³-hybridized carbons (Fsp3) is 0.324. The van der Waals surface area contributed by atoms with Gasteiger partial charge >= 0.3 is 5.97 Å². The predicted molar refractivity (Wildman–Crippen MR) is 180 cm³/mol. The van der Waals surface area contributed by atoms with Gasteiger partial charge in [-0.2, -0.15) is 0 Å². The number of nitrogens with zero attached hydrogens (tertiary/aromatic N) is 2. The number of hydrogen-bond donors (Lipinski definition) is 3. The second-order valence-corrected chi connectivity index (χ2v) is 11.3. The molecule has 1 aromatic heterocycles. The number of amides is 2. The number of aromatic nitrogens is 2. The van der Waals surface area contributed by atoms with Gasteiger partial charge in [-0.05, 0) is 60.9 Å².